The molecule has 0 saturated carbocycles. The molecule has 0 spiro atoms. The molecule has 2 N–H and O–H groups in total. The van der Waals surface area contributed by atoms with Crippen molar-refractivity contribution < 1.29 is 13.9 Å². The maximum Gasteiger partial charge on any atom is 0.256 e. The van der Waals surface area contributed by atoms with Crippen LogP contribution in [0.5, 0.6) is 5.75 Å². The van der Waals surface area contributed by atoms with Gasteiger partial charge < -0.3 is 15.0 Å². The molecule has 23 heavy (non-hydrogen) atoms. The highest BCUT2D eigenvalue weighted by Gasteiger charge is 2.28. The molecule has 1 aromatic heterocycles. The number of aromatic amines is 1. The lowest BCUT2D eigenvalue weighted by Crippen LogP contribution is -2.04. The van der Waals surface area contributed by atoms with Crippen LogP contribution in [0.2, 0.25) is 0 Å². The molecule has 0 saturated heterocycles. The van der Waals surface area contributed by atoms with E-state index in [-0.39, 0.29) is 11.6 Å². The molecule has 1 amide bonds. The number of nitrogens with one attached hydrogen (secondary N) is 2. The zero-order chi connectivity index (χ0) is 16.0. The van der Waals surface area contributed by atoms with Crippen LogP contribution in [-0.2, 0) is 17.6 Å². The Labute approximate surface area is 133 Å². The minimum absolute atomic E-state index is 0.249. The van der Waals surface area contributed by atoms with E-state index in [9.17, 15) is 9.18 Å². The van der Waals surface area contributed by atoms with Crippen molar-refractivity contribution in [2.75, 3.05) is 12.4 Å². The number of methoxy groups -OCH3 is 1. The van der Waals surface area contributed by atoms with Crippen LogP contribution in [0.4, 0.5) is 10.1 Å². The van der Waals surface area contributed by atoms with Gasteiger partial charge in [0.25, 0.3) is 5.91 Å². The van der Waals surface area contributed by atoms with Gasteiger partial charge in [-0.2, -0.15) is 0 Å². The maximum atomic E-state index is 13.8. The Hall–Kier alpha value is -2.56. The summed E-state index contributed by atoms with van der Waals surface area (Å²) in [7, 11) is 1.64. The number of ether oxygens (including phenoxy) is 1. The number of carbonyl (C=O) groups is 1. The lowest BCUT2D eigenvalue weighted by molar-refractivity contribution is -0.110. The van der Waals surface area contributed by atoms with E-state index in [4.69, 9.17) is 4.74 Å². The van der Waals surface area contributed by atoms with Gasteiger partial charge in [-0.15, -0.1) is 0 Å². The first kappa shape index (κ1) is 14.1. The Morgan fingerprint density at radius 2 is 2.09 bits per heavy atom. The van der Waals surface area contributed by atoms with Crippen LogP contribution < -0.4 is 10.1 Å². The Morgan fingerprint density at radius 1 is 1.26 bits per heavy atom. The van der Waals surface area contributed by atoms with Crippen molar-refractivity contribution in [1.82, 2.24) is 4.98 Å². The standard InChI is InChI=1S/C18H17FN2O2/c1-23-17-11-5-2-3-8-14(11)20-15(17)9-12-10-6-4-7-13(19)16(10)21-18(12)22/h4,6-7,9,20H,2-3,5,8H2,1H3,(H,21,22). The summed E-state index contributed by atoms with van der Waals surface area (Å²) in [6.07, 6.45) is 6.03. The van der Waals surface area contributed by atoms with E-state index in [2.05, 4.69) is 10.3 Å². The molecule has 5 heteroatoms. The van der Waals surface area contributed by atoms with E-state index >= 15 is 0 Å². The van der Waals surface area contributed by atoms with Crippen LogP contribution >= 0.6 is 0 Å². The van der Waals surface area contributed by atoms with Crippen LogP contribution in [0.3, 0.4) is 0 Å². The molecule has 0 unspecified atom stereocenters. The SMILES string of the molecule is COc1c(C=C2C(=O)Nc3c(F)cccc32)[nH]c2c1CCCC2. The molecule has 0 atom stereocenters. The van der Waals surface area contributed by atoms with Gasteiger partial charge in [0.05, 0.1) is 24.1 Å². The van der Waals surface area contributed by atoms with Crippen molar-refractivity contribution in [3.05, 3.63) is 46.5 Å². The monoisotopic (exact) mass is 312 g/mol. The zero-order valence-corrected chi connectivity index (χ0v) is 12.8. The number of halogens is 1. The summed E-state index contributed by atoms with van der Waals surface area (Å²) >= 11 is 0. The van der Waals surface area contributed by atoms with Crippen molar-refractivity contribution in [1.29, 1.82) is 0 Å². The number of benzene rings is 1. The predicted molar refractivity (Wildman–Crippen MR) is 86.9 cm³/mol. The molecule has 2 heterocycles. The summed E-state index contributed by atoms with van der Waals surface area (Å²) in [6.45, 7) is 0. The first-order valence-electron chi connectivity index (χ1n) is 7.78. The fourth-order valence-corrected chi connectivity index (χ4v) is 3.48. The van der Waals surface area contributed by atoms with Gasteiger partial charge in [0.1, 0.15) is 11.6 Å². The summed E-state index contributed by atoms with van der Waals surface area (Å²) < 4.78 is 19.4. The number of aromatic nitrogens is 1. The van der Waals surface area contributed by atoms with E-state index in [1.807, 2.05) is 0 Å². The van der Waals surface area contributed by atoms with E-state index in [1.54, 1.807) is 25.3 Å². The van der Waals surface area contributed by atoms with Crippen LogP contribution in [0.25, 0.3) is 11.6 Å². The summed E-state index contributed by atoms with van der Waals surface area (Å²) in [5.41, 5.74) is 4.45. The van der Waals surface area contributed by atoms with Gasteiger partial charge >= 0.3 is 0 Å². The average molecular weight is 312 g/mol. The topological polar surface area (TPSA) is 54.1 Å². The Bertz CT molecular complexity index is 836. The molecule has 0 bridgehead atoms. The molecule has 4 rings (SSSR count). The van der Waals surface area contributed by atoms with Crippen molar-refractivity contribution >= 4 is 23.2 Å². The van der Waals surface area contributed by atoms with Crippen molar-refractivity contribution in [2.45, 2.75) is 25.7 Å². The van der Waals surface area contributed by atoms with Gasteiger partial charge in [0.15, 0.2) is 0 Å². The quantitative estimate of drug-likeness (QED) is 0.834. The highest BCUT2D eigenvalue weighted by Crippen LogP contribution is 2.38. The Kier molecular flexibility index (Phi) is 3.22. The highest BCUT2D eigenvalue weighted by atomic mass is 19.1. The minimum Gasteiger partial charge on any atom is -0.494 e. The third-order valence-corrected chi connectivity index (χ3v) is 4.55. The maximum absolute atomic E-state index is 13.8. The summed E-state index contributed by atoms with van der Waals surface area (Å²) in [4.78, 5) is 15.6. The third-order valence-electron chi connectivity index (χ3n) is 4.55. The van der Waals surface area contributed by atoms with Crippen molar-refractivity contribution in [3.8, 4) is 5.75 Å². The lowest BCUT2D eigenvalue weighted by atomic mass is 9.97. The first-order valence-corrected chi connectivity index (χ1v) is 7.78. The smallest absolute Gasteiger partial charge is 0.256 e. The van der Waals surface area contributed by atoms with Crippen LogP contribution in [-0.4, -0.2) is 18.0 Å². The molecule has 0 fully saturated rings. The van der Waals surface area contributed by atoms with Gasteiger partial charge in [-0.25, -0.2) is 4.39 Å². The van der Waals surface area contributed by atoms with Gasteiger partial charge in [-0.05, 0) is 37.8 Å². The number of rotatable bonds is 2. The molecule has 2 aromatic rings. The second kappa shape index (κ2) is 5.26. The van der Waals surface area contributed by atoms with Crippen LogP contribution in [0.1, 0.15) is 35.4 Å². The van der Waals surface area contributed by atoms with E-state index in [0.29, 0.717) is 11.1 Å². The molecule has 4 nitrogen and oxygen atoms in total. The zero-order valence-electron chi connectivity index (χ0n) is 12.8. The average Bonchev–Trinajstić information content (AvgIpc) is 3.07. The molecule has 118 valence electrons. The number of anilines is 1. The summed E-state index contributed by atoms with van der Waals surface area (Å²) in [6, 6.07) is 4.70. The second-order valence-corrected chi connectivity index (χ2v) is 5.91. The highest BCUT2D eigenvalue weighted by molar-refractivity contribution is 6.35. The van der Waals surface area contributed by atoms with Crippen molar-refractivity contribution in [3.63, 3.8) is 0 Å². The summed E-state index contributed by atoms with van der Waals surface area (Å²) in [5, 5.41) is 2.60. The molecular weight excluding hydrogens is 295 g/mol. The normalized spacial score (nSPS) is 17.8. The van der Waals surface area contributed by atoms with E-state index in [0.717, 1.165) is 37.1 Å². The van der Waals surface area contributed by atoms with Gasteiger partial charge in [-0.3, -0.25) is 4.79 Å². The number of aryl methyl sites for hydroxylation is 1. The fraction of sp³-hybridized carbons (Fsp3) is 0.278. The molecular formula is C18H17FN2O2. The third kappa shape index (κ3) is 2.15. The molecule has 1 aromatic carbocycles. The van der Waals surface area contributed by atoms with Crippen LogP contribution in [0, 0.1) is 5.82 Å². The number of fused-ring (bicyclic) bond motifs is 2. The number of hydrogen-bond acceptors (Lipinski definition) is 2. The predicted octanol–water partition coefficient (Wildman–Crippen LogP) is 3.53. The summed E-state index contributed by atoms with van der Waals surface area (Å²) in [5.74, 6) is 0.0848. The Morgan fingerprint density at radius 3 is 2.91 bits per heavy atom. The fourth-order valence-electron chi connectivity index (χ4n) is 3.48. The van der Waals surface area contributed by atoms with Gasteiger partial charge in [0.2, 0.25) is 0 Å². The first-order chi connectivity index (χ1) is 11.2. The number of H-pyrrole nitrogens is 1. The molecule has 1 aliphatic carbocycles. The molecule has 0 radical (unpaired) electrons. The Balaban J connectivity index is 1.85. The van der Waals surface area contributed by atoms with Gasteiger partial charge in [-0.1, -0.05) is 12.1 Å². The minimum atomic E-state index is -0.419. The number of amides is 1. The number of para-hydroxylation sites is 1. The molecule has 2 aliphatic rings. The lowest BCUT2D eigenvalue weighted by Gasteiger charge is -2.11. The largest absolute Gasteiger partial charge is 0.494 e. The second-order valence-electron chi connectivity index (χ2n) is 5.91. The van der Waals surface area contributed by atoms with Gasteiger partial charge in [0, 0.05) is 16.8 Å². The number of carbonyl (C=O) groups excluding carboxylic acids is 1. The van der Waals surface area contributed by atoms with E-state index < -0.39 is 5.82 Å². The van der Waals surface area contributed by atoms with E-state index in [1.165, 1.54) is 17.3 Å². The number of hydrogen-bond donors (Lipinski definition) is 2. The van der Waals surface area contributed by atoms with Crippen molar-refractivity contribution in [2.24, 2.45) is 0 Å². The van der Waals surface area contributed by atoms with Crippen LogP contribution in [0.15, 0.2) is 18.2 Å². The molecule has 1 aliphatic heterocycles.